The number of guanidine groups is 1. The van der Waals surface area contributed by atoms with E-state index in [2.05, 4.69) is 10.3 Å². The molecule has 1 aliphatic heterocycles. The zero-order valence-electron chi connectivity index (χ0n) is 4.66. The summed E-state index contributed by atoms with van der Waals surface area (Å²) in [4.78, 5) is 14.2. The Morgan fingerprint density at radius 2 is 2.44 bits per heavy atom. The van der Waals surface area contributed by atoms with Gasteiger partial charge in [0.25, 0.3) is 0 Å². The van der Waals surface area contributed by atoms with E-state index in [9.17, 15) is 4.79 Å². The number of carbonyl (C=O) groups excluding carboxylic acids is 1. The highest BCUT2D eigenvalue weighted by molar-refractivity contribution is 5.96. The van der Waals surface area contributed by atoms with Crippen LogP contribution in [0.25, 0.3) is 0 Å². The maximum atomic E-state index is 10.5. The monoisotopic (exact) mass is 129 g/mol. The van der Waals surface area contributed by atoms with Gasteiger partial charge in [0.2, 0.25) is 0 Å². The molecule has 0 aromatic carbocycles. The third-order valence-electron chi connectivity index (χ3n) is 0.889. The fourth-order valence-electron chi connectivity index (χ4n) is 0.437. The lowest BCUT2D eigenvalue weighted by Crippen LogP contribution is -2.53. The summed E-state index contributed by atoms with van der Waals surface area (Å²) in [5.41, 5.74) is 5.12. The minimum Gasteiger partial charge on any atom is -0.370 e. The second-order valence-electron chi connectivity index (χ2n) is 1.58. The number of carbonyl (C=O) groups is 1. The zero-order valence-corrected chi connectivity index (χ0v) is 4.66. The Balaban J connectivity index is 2.65. The van der Waals surface area contributed by atoms with Crippen LogP contribution in [-0.4, -0.2) is 23.7 Å². The number of hydrogen-bond donors (Lipinski definition) is 3. The number of aliphatic imine (C=N–C) groups is 1. The number of hydrazine groups is 1. The van der Waals surface area contributed by atoms with Crippen LogP contribution in [0, 0.1) is 0 Å². The molecule has 5 N–H and O–H groups in total. The molecule has 0 aromatic rings. The average molecular weight is 129 g/mol. The van der Waals surface area contributed by atoms with Gasteiger partial charge >= 0.3 is 6.03 Å². The van der Waals surface area contributed by atoms with E-state index in [-0.39, 0.29) is 12.6 Å². The molecular weight excluding hydrogens is 122 g/mol. The van der Waals surface area contributed by atoms with Crippen molar-refractivity contribution in [1.82, 2.24) is 10.3 Å². The third kappa shape index (κ3) is 1.08. The first-order chi connectivity index (χ1) is 4.20. The van der Waals surface area contributed by atoms with E-state index in [1.807, 2.05) is 0 Å². The Kier molecular flexibility index (Phi) is 1.23. The number of amides is 2. The van der Waals surface area contributed by atoms with E-state index < -0.39 is 6.03 Å². The molecule has 1 rings (SSSR count). The summed E-state index contributed by atoms with van der Waals surface area (Å²) >= 11 is 0. The average Bonchev–Trinajstić information content (AvgIpc) is 1.80. The summed E-state index contributed by atoms with van der Waals surface area (Å²) in [6.07, 6.45) is 0. The van der Waals surface area contributed by atoms with E-state index in [0.29, 0.717) is 0 Å². The maximum Gasteiger partial charge on any atom is 0.340 e. The van der Waals surface area contributed by atoms with Crippen LogP contribution in [0.2, 0.25) is 0 Å². The molecule has 0 unspecified atom stereocenters. The van der Waals surface area contributed by atoms with Crippen molar-refractivity contribution in [2.75, 3.05) is 6.67 Å². The number of nitrogens with one attached hydrogen (secondary N) is 1. The van der Waals surface area contributed by atoms with Crippen LogP contribution in [0.3, 0.4) is 0 Å². The van der Waals surface area contributed by atoms with Crippen LogP contribution in [-0.2, 0) is 0 Å². The Morgan fingerprint density at radius 3 is 2.89 bits per heavy atom. The molecule has 9 heavy (non-hydrogen) atoms. The number of nitrogens with two attached hydrogens (primary N) is 2. The highest BCUT2D eigenvalue weighted by atomic mass is 16.2. The van der Waals surface area contributed by atoms with Gasteiger partial charge in [0, 0.05) is 0 Å². The predicted octanol–water partition coefficient (Wildman–Crippen LogP) is -1.84. The minimum absolute atomic E-state index is 0.113. The molecular formula is C3H7N5O. The molecule has 1 aliphatic rings. The second kappa shape index (κ2) is 1.90. The van der Waals surface area contributed by atoms with Gasteiger partial charge in [0.15, 0.2) is 5.96 Å². The first-order valence-electron chi connectivity index (χ1n) is 2.33. The highest BCUT2D eigenvalue weighted by Crippen LogP contribution is 1.85. The van der Waals surface area contributed by atoms with Crippen LogP contribution in [0.15, 0.2) is 4.99 Å². The van der Waals surface area contributed by atoms with Crippen LogP contribution in [0.4, 0.5) is 4.79 Å². The molecule has 0 saturated heterocycles. The van der Waals surface area contributed by atoms with Gasteiger partial charge in [-0.1, -0.05) is 0 Å². The first-order valence-corrected chi connectivity index (χ1v) is 2.33. The second-order valence-corrected chi connectivity index (χ2v) is 1.58. The van der Waals surface area contributed by atoms with Crippen LogP contribution in [0.1, 0.15) is 0 Å². The minimum atomic E-state index is -0.428. The maximum absolute atomic E-state index is 10.5. The molecule has 0 saturated carbocycles. The normalized spacial score (nSPS) is 19.0. The Labute approximate surface area is 51.5 Å². The van der Waals surface area contributed by atoms with Crippen molar-refractivity contribution in [2.24, 2.45) is 16.6 Å². The molecule has 1 heterocycles. The summed E-state index contributed by atoms with van der Waals surface area (Å²) in [5.74, 6) is 5.21. The fraction of sp³-hybridized carbons (Fsp3) is 0.333. The molecule has 0 atom stereocenters. The van der Waals surface area contributed by atoms with Gasteiger partial charge in [-0.25, -0.2) is 20.6 Å². The van der Waals surface area contributed by atoms with Crippen LogP contribution >= 0.6 is 0 Å². The highest BCUT2D eigenvalue weighted by Gasteiger charge is 2.13. The molecule has 6 nitrogen and oxygen atoms in total. The topological polar surface area (TPSA) is 96.7 Å². The quantitative estimate of drug-likeness (QED) is 0.265. The summed E-state index contributed by atoms with van der Waals surface area (Å²) < 4.78 is 0. The lowest BCUT2D eigenvalue weighted by molar-refractivity contribution is 0.202. The molecule has 0 spiro atoms. The Bertz CT molecular complexity index is 164. The van der Waals surface area contributed by atoms with Gasteiger partial charge in [-0.05, 0) is 0 Å². The van der Waals surface area contributed by atoms with Crippen molar-refractivity contribution >= 4 is 12.0 Å². The Hall–Kier alpha value is -1.30. The van der Waals surface area contributed by atoms with Crippen molar-refractivity contribution < 1.29 is 4.79 Å². The van der Waals surface area contributed by atoms with E-state index in [1.165, 1.54) is 0 Å². The number of nitrogens with zero attached hydrogens (tertiary/aromatic N) is 2. The van der Waals surface area contributed by atoms with Gasteiger partial charge in [0.1, 0.15) is 6.67 Å². The molecule has 0 bridgehead atoms. The van der Waals surface area contributed by atoms with Gasteiger partial charge < -0.3 is 5.73 Å². The van der Waals surface area contributed by atoms with E-state index in [0.717, 1.165) is 5.01 Å². The van der Waals surface area contributed by atoms with E-state index in [4.69, 9.17) is 11.6 Å². The van der Waals surface area contributed by atoms with Crippen molar-refractivity contribution in [3.8, 4) is 0 Å². The van der Waals surface area contributed by atoms with Gasteiger partial charge in [0.05, 0.1) is 0 Å². The van der Waals surface area contributed by atoms with Crippen molar-refractivity contribution in [3.63, 3.8) is 0 Å². The number of rotatable bonds is 0. The molecule has 6 heteroatoms. The predicted molar refractivity (Wildman–Crippen MR) is 31.0 cm³/mol. The molecule has 2 amide bonds. The van der Waals surface area contributed by atoms with E-state index in [1.54, 1.807) is 0 Å². The van der Waals surface area contributed by atoms with Gasteiger partial charge in [-0.15, -0.1) is 0 Å². The first kappa shape index (κ1) is 5.83. The smallest absolute Gasteiger partial charge is 0.340 e. The van der Waals surface area contributed by atoms with Gasteiger partial charge in [-0.2, -0.15) is 0 Å². The lowest BCUT2D eigenvalue weighted by Gasteiger charge is -2.18. The summed E-state index contributed by atoms with van der Waals surface area (Å²) in [7, 11) is 0. The fourth-order valence-corrected chi connectivity index (χ4v) is 0.437. The van der Waals surface area contributed by atoms with Gasteiger partial charge in [-0.3, -0.25) is 5.32 Å². The summed E-state index contributed by atoms with van der Waals surface area (Å²) in [6.45, 7) is 0.123. The van der Waals surface area contributed by atoms with Crippen molar-refractivity contribution in [2.45, 2.75) is 0 Å². The number of hydrogen-bond acceptors (Lipinski definition) is 4. The molecule has 0 aromatic heterocycles. The standard InChI is InChI=1S/C3H7N5O/c4-2-6-1-8(5)3(9)7-2/h1,5H2,(H3,4,6,7,9). The molecule has 50 valence electrons. The van der Waals surface area contributed by atoms with Crippen LogP contribution < -0.4 is 16.9 Å². The SMILES string of the molecule is NC1=NCN(N)C(=O)N1. The zero-order chi connectivity index (χ0) is 6.85. The third-order valence-corrected chi connectivity index (χ3v) is 0.889. The van der Waals surface area contributed by atoms with Crippen molar-refractivity contribution in [1.29, 1.82) is 0 Å². The Morgan fingerprint density at radius 1 is 1.78 bits per heavy atom. The largest absolute Gasteiger partial charge is 0.370 e. The lowest BCUT2D eigenvalue weighted by atomic mass is 10.7. The van der Waals surface area contributed by atoms with E-state index >= 15 is 0 Å². The number of urea groups is 1. The van der Waals surface area contributed by atoms with Crippen molar-refractivity contribution in [3.05, 3.63) is 0 Å². The molecule has 0 fully saturated rings. The molecule has 0 aliphatic carbocycles. The molecule has 0 radical (unpaired) electrons. The van der Waals surface area contributed by atoms with Crippen LogP contribution in [0.5, 0.6) is 0 Å². The summed E-state index contributed by atoms with van der Waals surface area (Å²) in [5, 5.41) is 3.15. The summed E-state index contributed by atoms with van der Waals surface area (Å²) in [6, 6.07) is -0.428.